The Bertz CT molecular complexity index is 1450. The van der Waals surface area contributed by atoms with Crippen LogP contribution in [0.1, 0.15) is 48.5 Å². The summed E-state index contributed by atoms with van der Waals surface area (Å²) in [5, 5.41) is 16.7. The van der Waals surface area contributed by atoms with Crippen molar-refractivity contribution in [1.82, 2.24) is 20.3 Å². The molecular formula is C28H28ClN5O4. The first-order valence-corrected chi connectivity index (χ1v) is 12.9. The Hall–Kier alpha value is -3.95. The van der Waals surface area contributed by atoms with E-state index in [9.17, 15) is 14.7 Å². The van der Waals surface area contributed by atoms with Crippen molar-refractivity contribution in [1.29, 1.82) is 0 Å². The number of rotatable bonds is 8. The second-order valence-electron chi connectivity index (χ2n) is 9.41. The molecule has 0 unspecified atom stereocenters. The molecule has 2 heterocycles. The fourth-order valence-corrected chi connectivity index (χ4v) is 4.92. The van der Waals surface area contributed by atoms with Crippen molar-refractivity contribution in [2.45, 2.75) is 50.8 Å². The molecule has 4 N–H and O–H groups in total. The van der Waals surface area contributed by atoms with E-state index >= 15 is 0 Å². The van der Waals surface area contributed by atoms with Gasteiger partial charge < -0.3 is 25.5 Å². The normalized spacial score (nSPS) is 18.1. The maximum absolute atomic E-state index is 13.6. The van der Waals surface area contributed by atoms with E-state index in [2.05, 4.69) is 25.6 Å². The SMILES string of the molecule is C[C@H](O)C(=O)NC1CCC(Nc2ncnc3[nH]cc(C(=O)c4ccc(Oc5ccccc5)cc4Cl)c23)CC1. The van der Waals surface area contributed by atoms with Crippen LogP contribution in [0.2, 0.25) is 5.02 Å². The number of amides is 1. The maximum Gasteiger partial charge on any atom is 0.248 e. The van der Waals surface area contributed by atoms with E-state index in [1.807, 2.05) is 30.3 Å². The molecule has 10 heteroatoms. The number of nitrogens with one attached hydrogen (secondary N) is 3. The predicted octanol–water partition coefficient (Wildman–Crippen LogP) is 4.85. The highest BCUT2D eigenvalue weighted by Gasteiger charge is 2.26. The smallest absolute Gasteiger partial charge is 0.248 e. The van der Waals surface area contributed by atoms with Crippen molar-refractivity contribution < 1.29 is 19.4 Å². The lowest BCUT2D eigenvalue weighted by Crippen LogP contribution is -2.43. The van der Waals surface area contributed by atoms with Crippen molar-refractivity contribution >= 4 is 40.1 Å². The summed E-state index contributed by atoms with van der Waals surface area (Å²) in [6, 6.07) is 14.5. The van der Waals surface area contributed by atoms with Crippen molar-refractivity contribution in [3.05, 3.63) is 77.2 Å². The summed E-state index contributed by atoms with van der Waals surface area (Å²) >= 11 is 6.52. The lowest BCUT2D eigenvalue weighted by atomic mass is 9.91. The third-order valence-electron chi connectivity index (χ3n) is 6.67. The molecule has 4 aromatic rings. The highest BCUT2D eigenvalue weighted by atomic mass is 35.5. The van der Waals surface area contributed by atoms with Crippen molar-refractivity contribution in [3.8, 4) is 11.5 Å². The van der Waals surface area contributed by atoms with E-state index in [1.54, 1.807) is 24.4 Å². The standard InChI is InChI=1S/C28H28ClN5O4/c1-16(35)28(37)34-18-9-7-17(8-10-18)33-27-24-22(14-30-26(24)31-15-32-27)25(36)21-12-11-20(13-23(21)29)38-19-5-3-2-4-6-19/h2-6,11-18,35H,7-10H2,1H3,(H,34,37)(H2,30,31,32,33)/t16-,17?,18?/m0/s1. The number of nitrogens with zero attached hydrogens (tertiary/aromatic N) is 2. The third kappa shape index (κ3) is 5.64. The number of fused-ring (bicyclic) bond motifs is 1. The number of aromatic amines is 1. The van der Waals surface area contributed by atoms with E-state index in [4.69, 9.17) is 16.3 Å². The molecule has 1 saturated carbocycles. The molecule has 9 nitrogen and oxygen atoms in total. The summed E-state index contributed by atoms with van der Waals surface area (Å²) in [5.74, 6) is 1.16. The molecule has 0 saturated heterocycles. The van der Waals surface area contributed by atoms with Gasteiger partial charge in [-0.3, -0.25) is 9.59 Å². The van der Waals surface area contributed by atoms with Gasteiger partial charge in [-0.05, 0) is 56.9 Å². The Kier molecular flexibility index (Phi) is 7.57. The van der Waals surface area contributed by atoms with Crippen molar-refractivity contribution in [2.24, 2.45) is 0 Å². The number of aromatic nitrogens is 3. The van der Waals surface area contributed by atoms with Crippen molar-refractivity contribution in [2.75, 3.05) is 5.32 Å². The quantitative estimate of drug-likeness (QED) is 0.238. The molecule has 1 amide bonds. The number of ketones is 1. The molecule has 0 bridgehead atoms. The van der Waals surface area contributed by atoms with Gasteiger partial charge in [0, 0.05) is 29.9 Å². The van der Waals surface area contributed by atoms with Gasteiger partial charge in [-0.15, -0.1) is 0 Å². The number of anilines is 1. The monoisotopic (exact) mass is 533 g/mol. The lowest BCUT2D eigenvalue weighted by molar-refractivity contribution is -0.129. The zero-order valence-corrected chi connectivity index (χ0v) is 21.5. The Morgan fingerprint density at radius 3 is 2.47 bits per heavy atom. The summed E-state index contributed by atoms with van der Waals surface area (Å²) in [4.78, 5) is 37.2. The molecule has 5 rings (SSSR count). The topological polar surface area (TPSA) is 129 Å². The molecule has 0 radical (unpaired) electrons. The zero-order chi connectivity index (χ0) is 26.6. The Morgan fingerprint density at radius 1 is 1.03 bits per heavy atom. The van der Waals surface area contributed by atoms with Crippen LogP contribution in [-0.2, 0) is 4.79 Å². The second kappa shape index (κ2) is 11.2. The van der Waals surface area contributed by atoms with Gasteiger partial charge in [0.1, 0.15) is 35.4 Å². The summed E-state index contributed by atoms with van der Waals surface area (Å²) in [5.41, 5.74) is 1.31. The number of para-hydroxylation sites is 1. The molecule has 0 aliphatic heterocycles. The first kappa shape index (κ1) is 25.7. The largest absolute Gasteiger partial charge is 0.457 e. The summed E-state index contributed by atoms with van der Waals surface area (Å²) < 4.78 is 5.83. The number of ether oxygens (including phenoxy) is 1. The second-order valence-corrected chi connectivity index (χ2v) is 9.82. The molecule has 1 aliphatic carbocycles. The van der Waals surface area contributed by atoms with Crippen LogP contribution in [0.15, 0.2) is 61.1 Å². The summed E-state index contributed by atoms with van der Waals surface area (Å²) in [7, 11) is 0. The molecule has 196 valence electrons. The summed E-state index contributed by atoms with van der Waals surface area (Å²) in [6.45, 7) is 1.46. The summed E-state index contributed by atoms with van der Waals surface area (Å²) in [6.07, 6.45) is 5.21. The van der Waals surface area contributed by atoms with Crippen LogP contribution in [0.3, 0.4) is 0 Å². The van der Waals surface area contributed by atoms with Crippen LogP contribution < -0.4 is 15.4 Å². The number of carbonyl (C=O) groups is 2. The Morgan fingerprint density at radius 2 is 1.76 bits per heavy atom. The number of aliphatic hydroxyl groups is 1. The highest BCUT2D eigenvalue weighted by Crippen LogP contribution is 2.32. The third-order valence-corrected chi connectivity index (χ3v) is 6.99. The number of aliphatic hydroxyl groups excluding tert-OH is 1. The van der Waals surface area contributed by atoms with Gasteiger partial charge in [0.05, 0.1) is 16.0 Å². The van der Waals surface area contributed by atoms with Crippen LogP contribution in [0.4, 0.5) is 5.82 Å². The average molecular weight is 534 g/mol. The molecule has 2 aromatic heterocycles. The van der Waals surface area contributed by atoms with Gasteiger partial charge in [-0.1, -0.05) is 29.8 Å². The van der Waals surface area contributed by atoms with Crippen LogP contribution >= 0.6 is 11.6 Å². The van der Waals surface area contributed by atoms with E-state index in [1.165, 1.54) is 13.3 Å². The van der Waals surface area contributed by atoms with Gasteiger partial charge in [0.15, 0.2) is 5.78 Å². The lowest BCUT2D eigenvalue weighted by Gasteiger charge is -2.30. The fraction of sp³-hybridized carbons (Fsp3) is 0.286. The average Bonchev–Trinajstić information content (AvgIpc) is 3.35. The minimum Gasteiger partial charge on any atom is -0.457 e. The number of H-pyrrole nitrogens is 1. The van der Waals surface area contributed by atoms with E-state index < -0.39 is 6.10 Å². The number of hydrogen-bond acceptors (Lipinski definition) is 7. The van der Waals surface area contributed by atoms with Crippen LogP contribution in [0.25, 0.3) is 11.0 Å². The van der Waals surface area contributed by atoms with Crippen molar-refractivity contribution in [3.63, 3.8) is 0 Å². The van der Waals surface area contributed by atoms with Gasteiger partial charge in [0.25, 0.3) is 0 Å². The van der Waals surface area contributed by atoms with E-state index in [0.29, 0.717) is 39.5 Å². The van der Waals surface area contributed by atoms with Crippen LogP contribution in [0.5, 0.6) is 11.5 Å². The van der Waals surface area contributed by atoms with Gasteiger partial charge in [-0.25, -0.2) is 9.97 Å². The molecule has 1 fully saturated rings. The minimum absolute atomic E-state index is 0.0287. The Balaban J connectivity index is 1.32. The van der Waals surface area contributed by atoms with Crippen LogP contribution in [-0.4, -0.2) is 49.9 Å². The molecule has 38 heavy (non-hydrogen) atoms. The number of hydrogen-bond donors (Lipinski definition) is 4. The fourth-order valence-electron chi connectivity index (χ4n) is 4.66. The van der Waals surface area contributed by atoms with Gasteiger partial charge in [0.2, 0.25) is 5.91 Å². The first-order chi connectivity index (χ1) is 18.4. The molecule has 1 atom stereocenters. The van der Waals surface area contributed by atoms with E-state index in [0.717, 1.165) is 25.7 Å². The highest BCUT2D eigenvalue weighted by molar-refractivity contribution is 6.35. The number of carbonyl (C=O) groups excluding carboxylic acids is 2. The Labute approximate surface area is 224 Å². The molecular weight excluding hydrogens is 506 g/mol. The number of benzene rings is 2. The van der Waals surface area contributed by atoms with Gasteiger partial charge >= 0.3 is 0 Å². The predicted molar refractivity (Wildman–Crippen MR) is 145 cm³/mol. The molecule has 2 aromatic carbocycles. The molecule has 0 spiro atoms. The maximum atomic E-state index is 13.6. The zero-order valence-electron chi connectivity index (χ0n) is 20.8. The van der Waals surface area contributed by atoms with Gasteiger partial charge in [-0.2, -0.15) is 0 Å². The first-order valence-electron chi connectivity index (χ1n) is 12.5. The van der Waals surface area contributed by atoms with Crippen LogP contribution in [0, 0.1) is 0 Å². The molecule has 1 aliphatic rings. The number of halogens is 1. The van der Waals surface area contributed by atoms with E-state index in [-0.39, 0.29) is 28.8 Å². The minimum atomic E-state index is -1.02.